The molecule has 1 heterocycles. The van der Waals surface area contributed by atoms with E-state index in [0.717, 1.165) is 23.1 Å². The summed E-state index contributed by atoms with van der Waals surface area (Å²) in [4.78, 5) is 69.9. The third kappa shape index (κ3) is 6.29. The van der Waals surface area contributed by atoms with E-state index in [2.05, 4.69) is 0 Å². The molecule has 186 valence electrons. The maximum atomic E-state index is 12.5. The molecule has 2 aromatic carbocycles. The van der Waals surface area contributed by atoms with E-state index < -0.39 is 57.0 Å². The number of nitrogens with zero attached hydrogens (tertiary/aromatic N) is 3. The minimum absolute atomic E-state index is 0.0239. The standard InChI is InChI=1S/C22H17N3O10S/c1-12(2)34-19(26)11-23-20(27)18(36-22(23)29)7-13-3-5-17(6-4-13)35-21(28)14-8-15(24(30)31)10-16(9-14)25(32)33/h3-10,12H,11H2,1-2H3/b18-7-. The molecule has 0 aromatic heterocycles. The SMILES string of the molecule is CC(C)OC(=O)CN1C(=O)S/C(=C\c2ccc(OC(=O)c3cc([N+](=O)[O-])cc([N+](=O)[O-])c3)cc2)C1=O. The smallest absolute Gasteiger partial charge is 0.344 e. The number of imide groups is 1. The van der Waals surface area contributed by atoms with E-state index in [9.17, 15) is 39.4 Å². The molecule has 3 rings (SSSR count). The summed E-state index contributed by atoms with van der Waals surface area (Å²) in [6.07, 6.45) is 1.02. The van der Waals surface area contributed by atoms with Gasteiger partial charge in [-0.2, -0.15) is 0 Å². The zero-order valence-electron chi connectivity index (χ0n) is 18.7. The first-order valence-corrected chi connectivity index (χ1v) is 11.0. The van der Waals surface area contributed by atoms with Crippen molar-refractivity contribution >= 4 is 52.3 Å². The van der Waals surface area contributed by atoms with Gasteiger partial charge in [0.25, 0.3) is 22.5 Å². The fourth-order valence-corrected chi connectivity index (χ4v) is 3.78. The quantitative estimate of drug-likeness (QED) is 0.165. The number of hydrogen-bond donors (Lipinski definition) is 0. The molecule has 0 N–H and O–H groups in total. The highest BCUT2D eigenvalue weighted by molar-refractivity contribution is 8.18. The number of nitro groups is 2. The Hall–Kier alpha value is -4.59. The number of ether oxygens (including phenoxy) is 2. The first-order chi connectivity index (χ1) is 16.9. The summed E-state index contributed by atoms with van der Waals surface area (Å²) >= 11 is 0.652. The number of benzene rings is 2. The Bertz CT molecular complexity index is 1270. The predicted molar refractivity (Wildman–Crippen MR) is 125 cm³/mol. The average Bonchev–Trinajstić information content (AvgIpc) is 3.06. The number of hydrogen-bond acceptors (Lipinski definition) is 11. The monoisotopic (exact) mass is 515 g/mol. The molecule has 0 spiro atoms. The van der Waals surface area contributed by atoms with Crippen LogP contribution in [0.25, 0.3) is 6.08 Å². The molecule has 0 radical (unpaired) electrons. The molecule has 2 aromatic rings. The molecule has 1 aliphatic heterocycles. The largest absolute Gasteiger partial charge is 0.462 e. The Kier molecular flexibility index (Phi) is 7.79. The molecule has 36 heavy (non-hydrogen) atoms. The second kappa shape index (κ2) is 10.8. The maximum Gasteiger partial charge on any atom is 0.344 e. The van der Waals surface area contributed by atoms with Crippen molar-refractivity contribution in [1.29, 1.82) is 0 Å². The Morgan fingerprint density at radius 3 is 2.14 bits per heavy atom. The van der Waals surface area contributed by atoms with Crippen molar-refractivity contribution in [2.24, 2.45) is 0 Å². The molecule has 1 aliphatic rings. The highest BCUT2D eigenvalue weighted by Gasteiger charge is 2.36. The fraction of sp³-hybridized carbons (Fsp3) is 0.182. The minimum Gasteiger partial charge on any atom is -0.462 e. The van der Waals surface area contributed by atoms with Crippen molar-refractivity contribution in [3.8, 4) is 5.75 Å². The molecular weight excluding hydrogens is 498 g/mol. The van der Waals surface area contributed by atoms with Crippen molar-refractivity contribution < 1.29 is 38.5 Å². The van der Waals surface area contributed by atoms with Crippen LogP contribution < -0.4 is 4.74 Å². The van der Waals surface area contributed by atoms with Crippen molar-refractivity contribution in [1.82, 2.24) is 4.90 Å². The number of carbonyl (C=O) groups is 4. The van der Waals surface area contributed by atoms with E-state index in [1.165, 1.54) is 30.3 Å². The lowest BCUT2D eigenvalue weighted by Gasteiger charge is -2.13. The second-order valence-corrected chi connectivity index (χ2v) is 8.51. The third-order valence-electron chi connectivity index (χ3n) is 4.48. The molecular formula is C22H17N3O10S. The van der Waals surface area contributed by atoms with Gasteiger partial charge in [-0.1, -0.05) is 12.1 Å². The Balaban J connectivity index is 1.71. The summed E-state index contributed by atoms with van der Waals surface area (Å²) in [5.74, 6) is -2.40. The van der Waals surface area contributed by atoms with Gasteiger partial charge in [0.15, 0.2) is 0 Å². The van der Waals surface area contributed by atoms with Crippen LogP contribution in [0.2, 0.25) is 0 Å². The van der Waals surface area contributed by atoms with Gasteiger partial charge in [-0.05, 0) is 49.4 Å². The molecule has 14 heteroatoms. The Morgan fingerprint density at radius 2 is 1.61 bits per heavy atom. The van der Waals surface area contributed by atoms with E-state index >= 15 is 0 Å². The Labute approximate surface area is 207 Å². The predicted octanol–water partition coefficient (Wildman–Crippen LogP) is 3.71. The minimum atomic E-state index is -1.05. The first kappa shape index (κ1) is 26.0. The second-order valence-electron chi connectivity index (χ2n) is 7.52. The van der Waals surface area contributed by atoms with Gasteiger partial charge in [-0.25, -0.2) is 4.79 Å². The topological polar surface area (TPSA) is 176 Å². The molecule has 0 aliphatic carbocycles. The van der Waals surface area contributed by atoms with Gasteiger partial charge in [0.05, 0.1) is 32.5 Å². The van der Waals surface area contributed by atoms with E-state index in [0.29, 0.717) is 17.3 Å². The van der Waals surface area contributed by atoms with Crippen LogP contribution in [0.1, 0.15) is 29.8 Å². The number of rotatable bonds is 8. The van der Waals surface area contributed by atoms with Crippen LogP contribution in [0.4, 0.5) is 16.2 Å². The van der Waals surface area contributed by atoms with Gasteiger partial charge >= 0.3 is 11.9 Å². The zero-order chi connectivity index (χ0) is 26.6. The number of esters is 2. The molecule has 0 saturated carbocycles. The molecule has 2 amide bonds. The molecule has 0 atom stereocenters. The van der Waals surface area contributed by atoms with E-state index in [-0.39, 0.29) is 16.2 Å². The highest BCUT2D eigenvalue weighted by atomic mass is 32.2. The number of thioether (sulfide) groups is 1. The summed E-state index contributed by atoms with van der Waals surface area (Å²) in [5, 5.41) is 21.4. The van der Waals surface area contributed by atoms with E-state index in [1.807, 2.05) is 0 Å². The van der Waals surface area contributed by atoms with Gasteiger partial charge < -0.3 is 9.47 Å². The van der Waals surface area contributed by atoms with Crippen molar-refractivity contribution in [3.63, 3.8) is 0 Å². The summed E-state index contributed by atoms with van der Waals surface area (Å²) in [7, 11) is 0. The lowest BCUT2D eigenvalue weighted by atomic mass is 10.1. The van der Waals surface area contributed by atoms with E-state index in [1.54, 1.807) is 13.8 Å². The number of amides is 2. The lowest BCUT2D eigenvalue weighted by molar-refractivity contribution is -0.394. The molecule has 0 unspecified atom stereocenters. The van der Waals surface area contributed by atoms with Crippen LogP contribution in [-0.2, 0) is 14.3 Å². The highest BCUT2D eigenvalue weighted by Crippen LogP contribution is 2.32. The molecule has 0 bridgehead atoms. The molecule has 1 fully saturated rings. The summed E-state index contributed by atoms with van der Waals surface area (Å²) in [6, 6.07) is 8.10. The fourth-order valence-electron chi connectivity index (χ4n) is 2.94. The van der Waals surface area contributed by atoms with Crippen LogP contribution in [0.15, 0.2) is 47.4 Å². The summed E-state index contributed by atoms with van der Waals surface area (Å²) < 4.78 is 10.1. The van der Waals surface area contributed by atoms with Gasteiger partial charge in [0.1, 0.15) is 12.3 Å². The van der Waals surface area contributed by atoms with Crippen LogP contribution in [0.5, 0.6) is 5.75 Å². The van der Waals surface area contributed by atoms with Gasteiger partial charge in [0.2, 0.25) is 0 Å². The molecule has 13 nitrogen and oxygen atoms in total. The number of nitro benzene ring substituents is 2. The number of carbonyl (C=O) groups excluding carboxylic acids is 4. The van der Waals surface area contributed by atoms with Crippen LogP contribution in [0, 0.1) is 20.2 Å². The van der Waals surface area contributed by atoms with Crippen LogP contribution in [-0.4, -0.2) is 50.5 Å². The van der Waals surface area contributed by atoms with Crippen molar-refractivity contribution in [2.45, 2.75) is 20.0 Å². The van der Waals surface area contributed by atoms with Gasteiger partial charge in [-0.15, -0.1) is 0 Å². The average molecular weight is 515 g/mol. The zero-order valence-corrected chi connectivity index (χ0v) is 19.6. The lowest BCUT2D eigenvalue weighted by Crippen LogP contribution is -2.35. The van der Waals surface area contributed by atoms with Gasteiger partial charge in [0, 0.05) is 12.1 Å². The maximum absolute atomic E-state index is 12.5. The van der Waals surface area contributed by atoms with Crippen molar-refractivity contribution in [3.05, 3.63) is 78.7 Å². The first-order valence-electron chi connectivity index (χ1n) is 10.2. The molecule has 1 saturated heterocycles. The summed E-state index contributed by atoms with van der Waals surface area (Å²) in [6.45, 7) is 2.77. The third-order valence-corrected chi connectivity index (χ3v) is 5.38. The summed E-state index contributed by atoms with van der Waals surface area (Å²) in [5.41, 5.74) is -1.20. The normalized spacial score (nSPS) is 14.3. The van der Waals surface area contributed by atoms with Crippen molar-refractivity contribution in [2.75, 3.05) is 6.54 Å². The number of non-ortho nitro benzene ring substituents is 2. The van der Waals surface area contributed by atoms with Crippen LogP contribution >= 0.6 is 11.8 Å². The Morgan fingerprint density at radius 1 is 1.03 bits per heavy atom. The van der Waals surface area contributed by atoms with Gasteiger partial charge in [-0.3, -0.25) is 39.5 Å². The van der Waals surface area contributed by atoms with Crippen LogP contribution in [0.3, 0.4) is 0 Å². The van der Waals surface area contributed by atoms with E-state index in [4.69, 9.17) is 9.47 Å².